The van der Waals surface area contributed by atoms with Crippen molar-refractivity contribution in [1.82, 2.24) is 14.9 Å². The number of fused-ring (bicyclic) bond motifs is 1. The van der Waals surface area contributed by atoms with Crippen molar-refractivity contribution < 1.29 is 4.79 Å². The van der Waals surface area contributed by atoms with E-state index in [1.165, 1.54) is 0 Å². The number of carbonyl (C=O) groups excluding carboxylic acids is 1. The number of aromatic nitrogens is 2. The highest BCUT2D eigenvalue weighted by molar-refractivity contribution is 9.10. The third-order valence-corrected chi connectivity index (χ3v) is 3.59. The minimum atomic E-state index is 0.0372. The van der Waals surface area contributed by atoms with Crippen LogP contribution in [0.3, 0.4) is 0 Å². The van der Waals surface area contributed by atoms with Gasteiger partial charge in [0.15, 0.2) is 0 Å². The zero-order chi connectivity index (χ0) is 12.5. The van der Waals surface area contributed by atoms with Gasteiger partial charge in [-0.25, -0.2) is 0 Å². The van der Waals surface area contributed by atoms with Gasteiger partial charge in [-0.05, 0) is 33.6 Å². The molecule has 2 aromatic heterocycles. The molecule has 3 heterocycles. The number of halogens is 1. The Balaban J connectivity index is 1.82. The van der Waals surface area contributed by atoms with Crippen molar-refractivity contribution >= 4 is 21.8 Å². The fourth-order valence-electron chi connectivity index (χ4n) is 2.20. The lowest BCUT2D eigenvalue weighted by atomic mass is 10.1. The first-order valence-corrected chi connectivity index (χ1v) is 6.59. The van der Waals surface area contributed by atoms with Crippen LogP contribution in [0.25, 0.3) is 0 Å². The molecule has 0 aromatic carbocycles. The summed E-state index contributed by atoms with van der Waals surface area (Å²) >= 11 is 3.34. The van der Waals surface area contributed by atoms with Crippen LogP contribution >= 0.6 is 15.9 Å². The monoisotopic (exact) mass is 305 g/mol. The number of rotatable bonds is 1. The summed E-state index contributed by atoms with van der Waals surface area (Å²) in [5.74, 6) is 0.0372. The van der Waals surface area contributed by atoms with E-state index in [4.69, 9.17) is 0 Å². The van der Waals surface area contributed by atoms with Crippen LogP contribution in [0, 0.1) is 0 Å². The van der Waals surface area contributed by atoms with Gasteiger partial charge < -0.3 is 9.88 Å². The molecule has 5 heteroatoms. The molecule has 1 N–H and O–H groups in total. The number of aromatic amines is 1. The highest BCUT2D eigenvalue weighted by atomic mass is 79.9. The van der Waals surface area contributed by atoms with Gasteiger partial charge in [-0.3, -0.25) is 9.78 Å². The van der Waals surface area contributed by atoms with Crippen LogP contribution in [-0.2, 0) is 13.0 Å². The van der Waals surface area contributed by atoms with Gasteiger partial charge in [-0.1, -0.05) is 6.07 Å². The summed E-state index contributed by atoms with van der Waals surface area (Å²) in [6.45, 7) is 1.36. The highest BCUT2D eigenvalue weighted by Gasteiger charge is 2.22. The van der Waals surface area contributed by atoms with Crippen LogP contribution in [0.4, 0.5) is 0 Å². The van der Waals surface area contributed by atoms with E-state index >= 15 is 0 Å². The Morgan fingerprint density at radius 3 is 3.17 bits per heavy atom. The zero-order valence-electron chi connectivity index (χ0n) is 9.69. The van der Waals surface area contributed by atoms with E-state index in [-0.39, 0.29) is 5.91 Å². The molecule has 0 fully saturated rings. The molecule has 0 spiro atoms. The molecule has 0 atom stereocenters. The first-order chi connectivity index (χ1) is 8.74. The number of nitrogens with one attached hydrogen (secondary N) is 1. The van der Waals surface area contributed by atoms with Crippen LogP contribution < -0.4 is 0 Å². The summed E-state index contributed by atoms with van der Waals surface area (Å²) in [6, 6.07) is 5.76. The van der Waals surface area contributed by atoms with E-state index in [2.05, 4.69) is 25.9 Å². The molecular weight excluding hydrogens is 294 g/mol. The van der Waals surface area contributed by atoms with Gasteiger partial charge in [0, 0.05) is 42.1 Å². The number of amides is 1. The van der Waals surface area contributed by atoms with Gasteiger partial charge in [0.1, 0.15) is 5.69 Å². The molecule has 0 radical (unpaired) electrons. The smallest absolute Gasteiger partial charge is 0.270 e. The number of H-pyrrole nitrogens is 1. The van der Waals surface area contributed by atoms with Crippen molar-refractivity contribution in [2.75, 3.05) is 6.54 Å². The maximum atomic E-state index is 12.3. The van der Waals surface area contributed by atoms with Crippen molar-refractivity contribution in [2.24, 2.45) is 0 Å². The Morgan fingerprint density at radius 2 is 2.39 bits per heavy atom. The first-order valence-electron chi connectivity index (χ1n) is 5.80. The summed E-state index contributed by atoms with van der Waals surface area (Å²) < 4.78 is 0.893. The zero-order valence-corrected chi connectivity index (χ0v) is 11.3. The van der Waals surface area contributed by atoms with Gasteiger partial charge >= 0.3 is 0 Å². The Labute approximate surface area is 113 Å². The third-order valence-electron chi connectivity index (χ3n) is 3.13. The second-order valence-corrected chi connectivity index (χ2v) is 5.23. The summed E-state index contributed by atoms with van der Waals surface area (Å²) in [5, 5.41) is 0. The minimum absolute atomic E-state index is 0.0372. The maximum Gasteiger partial charge on any atom is 0.270 e. The standard InChI is InChI=1S/C13H12BrN3O/c14-10-6-12(16-7-10)13(18)17-5-3-11-9(8-17)2-1-4-15-11/h1-2,4,6-7,16H,3,5,8H2. The Morgan fingerprint density at radius 1 is 1.50 bits per heavy atom. The molecule has 18 heavy (non-hydrogen) atoms. The summed E-state index contributed by atoms with van der Waals surface area (Å²) in [5.41, 5.74) is 2.87. The fraction of sp³-hybridized carbons (Fsp3) is 0.231. The van der Waals surface area contributed by atoms with E-state index in [1.807, 2.05) is 17.0 Å². The molecule has 3 rings (SSSR count). The Kier molecular flexibility index (Phi) is 2.91. The average Bonchev–Trinajstić information content (AvgIpc) is 2.84. The largest absolute Gasteiger partial charge is 0.356 e. The number of pyridine rings is 1. The van der Waals surface area contributed by atoms with E-state index in [1.54, 1.807) is 18.5 Å². The SMILES string of the molecule is O=C(c1cc(Br)c[nH]1)N1CCc2ncccc2C1. The number of hydrogen-bond acceptors (Lipinski definition) is 2. The minimum Gasteiger partial charge on any atom is -0.356 e. The van der Waals surface area contributed by atoms with Crippen LogP contribution in [0.5, 0.6) is 0 Å². The molecule has 0 saturated carbocycles. The molecule has 1 aliphatic heterocycles. The molecule has 1 aliphatic rings. The van der Waals surface area contributed by atoms with E-state index in [0.29, 0.717) is 12.2 Å². The Bertz CT molecular complexity index is 593. The quantitative estimate of drug-likeness (QED) is 0.879. The lowest BCUT2D eigenvalue weighted by Crippen LogP contribution is -2.36. The number of nitrogens with zero attached hydrogens (tertiary/aromatic N) is 2. The average molecular weight is 306 g/mol. The van der Waals surface area contributed by atoms with E-state index in [9.17, 15) is 4.79 Å². The second kappa shape index (κ2) is 4.57. The van der Waals surface area contributed by atoms with E-state index in [0.717, 1.165) is 28.7 Å². The normalized spacial score (nSPS) is 14.4. The Hall–Kier alpha value is -1.62. The summed E-state index contributed by atoms with van der Waals surface area (Å²) in [4.78, 5) is 21.4. The highest BCUT2D eigenvalue weighted by Crippen LogP contribution is 2.19. The van der Waals surface area contributed by atoms with Crippen molar-refractivity contribution in [3.63, 3.8) is 0 Å². The second-order valence-electron chi connectivity index (χ2n) is 4.32. The van der Waals surface area contributed by atoms with E-state index < -0.39 is 0 Å². The summed E-state index contributed by atoms with van der Waals surface area (Å²) in [7, 11) is 0. The predicted molar refractivity (Wildman–Crippen MR) is 71.2 cm³/mol. The van der Waals surface area contributed by atoms with Crippen LogP contribution in [0.2, 0.25) is 0 Å². The topological polar surface area (TPSA) is 49.0 Å². The van der Waals surface area contributed by atoms with Crippen molar-refractivity contribution in [3.05, 3.63) is 52.0 Å². The first kappa shape index (κ1) is 11.5. The van der Waals surface area contributed by atoms with Crippen molar-refractivity contribution in [3.8, 4) is 0 Å². The fourth-order valence-corrected chi connectivity index (χ4v) is 2.54. The molecule has 92 valence electrons. The molecule has 0 bridgehead atoms. The van der Waals surface area contributed by atoms with Gasteiger partial charge in [-0.2, -0.15) is 0 Å². The predicted octanol–water partition coefficient (Wildman–Crippen LogP) is 2.37. The molecule has 1 amide bonds. The molecule has 0 saturated heterocycles. The maximum absolute atomic E-state index is 12.3. The van der Waals surface area contributed by atoms with Gasteiger partial charge in [0.25, 0.3) is 5.91 Å². The van der Waals surface area contributed by atoms with Crippen molar-refractivity contribution in [1.29, 1.82) is 0 Å². The molecule has 0 unspecified atom stereocenters. The lowest BCUT2D eigenvalue weighted by Gasteiger charge is -2.27. The molecular formula is C13H12BrN3O. The molecule has 2 aromatic rings. The van der Waals surface area contributed by atoms with Gasteiger partial charge in [0.05, 0.1) is 0 Å². The van der Waals surface area contributed by atoms with Gasteiger partial charge in [0.2, 0.25) is 0 Å². The number of carbonyl (C=O) groups is 1. The molecule has 0 aliphatic carbocycles. The summed E-state index contributed by atoms with van der Waals surface area (Å²) in [6.07, 6.45) is 4.40. The van der Waals surface area contributed by atoms with Gasteiger partial charge in [-0.15, -0.1) is 0 Å². The lowest BCUT2D eigenvalue weighted by molar-refractivity contribution is 0.0728. The number of hydrogen-bond donors (Lipinski definition) is 1. The third kappa shape index (κ3) is 2.06. The van der Waals surface area contributed by atoms with Crippen LogP contribution in [-0.4, -0.2) is 27.3 Å². The van der Waals surface area contributed by atoms with Crippen LogP contribution in [0.1, 0.15) is 21.7 Å². The van der Waals surface area contributed by atoms with Crippen LogP contribution in [0.15, 0.2) is 35.1 Å². The molecule has 4 nitrogen and oxygen atoms in total. The van der Waals surface area contributed by atoms with Crippen molar-refractivity contribution in [2.45, 2.75) is 13.0 Å².